The van der Waals surface area contributed by atoms with Crippen molar-refractivity contribution in [1.82, 2.24) is 9.80 Å². The lowest BCUT2D eigenvalue weighted by atomic mass is 9.66. The first kappa shape index (κ1) is 32.7. The first-order valence-electron chi connectivity index (χ1n) is 15.8. The summed E-state index contributed by atoms with van der Waals surface area (Å²) in [4.78, 5) is 48.6. The summed E-state index contributed by atoms with van der Waals surface area (Å²) >= 11 is 0. The Hall–Kier alpha value is -3.17. The molecule has 236 valence electrons. The third-order valence-electron chi connectivity index (χ3n) is 9.47. The zero-order chi connectivity index (χ0) is 31.4. The Balaban J connectivity index is 1.75. The number of carbonyl (C=O) groups is 3. The average Bonchev–Trinajstić information content (AvgIpc) is 3.55. The lowest BCUT2D eigenvalue weighted by Crippen LogP contribution is -2.58. The molecule has 0 aromatic heterocycles. The largest absolute Gasteiger partial charge is 0.494 e. The summed E-state index contributed by atoms with van der Waals surface area (Å²) in [5.74, 6) is -1.43. The Morgan fingerprint density at radius 2 is 1.84 bits per heavy atom. The van der Waals surface area contributed by atoms with Gasteiger partial charge in [0, 0.05) is 38.0 Å². The SMILES string of the molecule is C=CCN(C(=O)[C@@H]1[C@H]2C(=O)N(CCCCO)C(C(=O)N(CC=C)C(C)CCC)C23CC[C@@]1(C)O3)c1ccc(OCC)cc1. The van der Waals surface area contributed by atoms with Crippen LogP contribution in [0.4, 0.5) is 5.69 Å². The Bertz CT molecular complexity index is 1190. The van der Waals surface area contributed by atoms with E-state index in [0.717, 1.165) is 12.8 Å². The van der Waals surface area contributed by atoms with Crippen LogP contribution in [0.25, 0.3) is 0 Å². The van der Waals surface area contributed by atoms with Gasteiger partial charge in [-0.2, -0.15) is 0 Å². The number of rotatable bonds is 16. The molecule has 0 aliphatic carbocycles. The number of amides is 3. The van der Waals surface area contributed by atoms with E-state index in [1.54, 1.807) is 22.0 Å². The number of hydrogen-bond acceptors (Lipinski definition) is 6. The molecular weight excluding hydrogens is 546 g/mol. The van der Waals surface area contributed by atoms with E-state index in [1.807, 2.05) is 49.9 Å². The number of fused-ring (bicyclic) bond motifs is 1. The number of carbonyl (C=O) groups excluding carboxylic acids is 3. The highest BCUT2D eigenvalue weighted by atomic mass is 16.5. The van der Waals surface area contributed by atoms with E-state index >= 15 is 0 Å². The van der Waals surface area contributed by atoms with Crippen molar-refractivity contribution in [2.24, 2.45) is 11.8 Å². The van der Waals surface area contributed by atoms with E-state index < -0.39 is 29.1 Å². The van der Waals surface area contributed by atoms with Gasteiger partial charge >= 0.3 is 0 Å². The van der Waals surface area contributed by atoms with Gasteiger partial charge in [0.25, 0.3) is 0 Å². The minimum atomic E-state index is -1.10. The zero-order valence-corrected chi connectivity index (χ0v) is 26.3. The van der Waals surface area contributed by atoms with Crippen LogP contribution in [0.15, 0.2) is 49.6 Å². The lowest BCUT2D eigenvalue weighted by Gasteiger charge is -2.39. The van der Waals surface area contributed by atoms with E-state index in [4.69, 9.17) is 9.47 Å². The smallest absolute Gasteiger partial charge is 0.248 e. The molecule has 1 aromatic carbocycles. The molecule has 3 amide bonds. The Morgan fingerprint density at radius 3 is 2.44 bits per heavy atom. The van der Waals surface area contributed by atoms with Crippen molar-refractivity contribution in [2.75, 3.05) is 37.7 Å². The summed E-state index contributed by atoms with van der Waals surface area (Å²) in [6.45, 7) is 17.2. The van der Waals surface area contributed by atoms with Crippen LogP contribution in [-0.2, 0) is 19.1 Å². The number of aliphatic hydroxyl groups is 1. The summed E-state index contributed by atoms with van der Waals surface area (Å²) in [6.07, 6.45) is 7.27. The molecule has 3 aliphatic rings. The fraction of sp³-hybridized carbons (Fsp3) is 0.618. The van der Waals surface area contributed by atoms with Crippen LogP contribution in [0.3, 0.4) is 0 Å². The number of benzene rings is 1. The molecule has 3 fully saturated rings. The van der Waals surface area contributed by atoms with Crippen LogP contribution in [0.2, 0.25) is 0 Å². The molecule has 3 unspecified atom stereocenters. The standard InChI is InChI=1S/C34H49N3O6/c1-7-13-24(5)35(20-8-2)32(41)29-34-19-18-33(6,43-34)27(28(34)31(40)37(29)22-11-12-23-38)30(39)36(21-9-3)25-14-16-26(17-15-25)42-10-4/h8-9,14-17,24,27-29,38H,2-3,7,10-13,18-23H2,1,4-6H3/t24?,27-,28-,29?,33+,34?/m0/s1. The monoisotopic (exact) mass is 595 g/mol. The van der Waals surface area contributed by atoms with Crippen LogP contribution in [0, 0.1) is 11.8 Å². The predicted molar refractivity (Wildman–Crippen MR) is 167 cm³/mol. The third-order valence-corrected chi connectivity index (χ3v) is 9.47. The molecule has 0 radical (unpaired) electrons. The molecule has 6 atom stereocenters. The first-order chi connectivity index (χ1) is 20.6. The highest BCUT2D eigenvalue weighted by Gasteiger charge is 2.78. The Kier molecular flexibility index (Phi) is 10.4. The minimum absolute atomic E-state index is 0.000377. The second-order valence-corrected chi connectivity index (χ2v) is 12.3. The van der Waals surface area contributed by atoms with Crippen LogP contribution in [-0.4, -0.2) is 88.8 Å². The maximum atomic E-state index is 14.6. The molecule has 3 heterocycles. The van der Waals surface area contributed by atoms with Crippen molar-refractivity contribution in [3.63, 3.8) is 0 Å². The van der Waals surface area contributed by atoms with Gasteiger partial charge in [0.1, 0.15) is 17.4 Å². The average molecular weight is 596 g/mol. The number of unbranched alkanes of at least 4 members (excludes halogenated alkanes) is 1. The molecule has 1 N–H and O–H groups in total. The summed E-state index contributed by atoms with van der Waals surface area (Å²) in [7, 11) is 0. The Labute approximate surface area is 256 Å². The molecule has 43 heavy (non-hydrogen) atoms. The van der Waals surface area contributed by atoms with Crippen molar-refractivity contribution in [3.05, 3.63) is 49.6 Å². The number of aliphatic hydroxyl groups excluding tert-OH is 1. The van der Waals surface area contributed by atoms with Gasteiger partial charge in [0.05, 0.1) is 24.0 Å². The van der Waals surface area contributed by atoms with Gasteiger partial charge in [-0.15, -0.1) is 13.2 Å². The van der Waals surface area contributed by atoms with Crippen molar-refractivity contribution in [3.8, 4) is 5.75 Å². The summed E-state index contributed by atoms with van der Waals surface area (Å²) in [5.41, 5.74) is -1.32. The van der Waals surface area contributed by atoms with Crippen LogP contribution in [0.1, 0.15) is 66.2 Å². The number of ether oxygens (including phenoxy) is 2. The Morgan fingerprint density at radius 1 is 1.14 bits per heavy atom. The highest BCUT2D eigenvalue weighted by molar-refractivity contribution is 6.03. The zero-order valence-electron chi connectivity index (χ0n) is 26.3. The van der Waals surface area contributed by atoms with Gasteiger partial charge in [0.15, 0.2) is 0 Å². The van der Waals surface area contributed by atoms with Gasteiger partial charge in [-0.25, -0.2) is 0 Å². The topological polar surface area (TPSA) is 99.6 Å². The first-order valence-corrected chi connectivity index (χ1v) is 15.8. The van der Waals surface area contributed by atoms with Gasteiger partial charge < -0.3 is 29.3 Å². The quantitative estimate of drug-likeness (QED) is 0.226. The van der Waals surface area contributed by atoms with E-state index in [2.05, 4.69) is 20.1 Å². The highest BCUT2D eigenvalue weighted by Crippen LogP contribution is 2.63. The normalized spacial score (nSPS) is 28.0. The number of hydrogen-bond donors (Lipinski definition) is 1. The molecule has 1 aromatic rings. The molecule has 3 aliphatic heterocycles. The maximum absolute atomic E-state index is 14.6. The van der Waals surface area contributed by atoms with Gasteiger partial charge in [-0.3, -0.25) is 14.4 Å². The summed E-state index contributed by atoms with van der Waals surface area (Å²) < 4.78 is 12.4. The number of likely N-dealkylation sites (tertiary alicyclic amines) is 1. The van der Waals surface area contributed by atoms with Crippen LogP contribution in [0.5, 0.6) is 5.75 Å². The van der Waals surface area contributed by atoms with Crippen molar-refractivity contribution < 1.29 is 29.0 Å². The molecule has 9 heteroatoms. The molecule has 9 nitrogen and oxygen atoms in total. The van der Waals surface area contributed by atoms with Crippen LogP contribution < -0.4 is 9.64 Å². The second kappa shape index (κ2) is 13.6. The number of anilines is 1. The molecule has 3 saturated heterocycles. The molecule has 0 saturated carbocycles. The van der Waals surface area contributed by atoms with Crippen molar-refractivity contribution >= 4 is 23.4 Å². The molecule has 4 rings (SSSR count). The second-order valence-electron chi connectivity index (χ2n) is 12.3. The van der Waals surface area contributed by atoms with Crippen molar-refractivity contribution in [1.29, 1.82) is 0 Å². The van der Waals surface area contributed by atoms with Gasteiger partial charge in [-0.1, -0.05) is 25.5 Å². The summed E-state index contributed by atoms with van der Waals surface area (Å²) in [5, 5.41) is 9.47. The minimum Gasteiger partial charge on any atom is -0.494 e. The molecule has 2 bridgehead atoms. The van der Waals surface area contributed by atoms with E-state index in [9.17, 15) is 19.5 Å². The molecular formula is C34H49N3O6. The van der Waals surface area contributed by atoms with Gasteiger partial charge in [0.2, 0.25) is 17.7 Å². The maximum Gasteiger partial charge on any atom is 0.248 e. The van der Waals surface area contributed by atoms with E-state index in [0.29, 0.717) is 56.8 Å². The lowest BCUT2D eigenvalue weighted by molar-refractivity contribution is -0.152. The predicted octanol–water partition coefficient (Wildman–Crippen LogP) is 4.34. The van der Waals surface area contributed by atoms with E-state index in [1.165, 1.54) is 0 Å². The van der Waals surface area contributed by atoms with Gasteiger partial charge in [-0.05, 0) is 77.1 Å². The fourth-order valence-electron chi connectivity index (χ4n) is 7.58. The fourth-order valence-corrected chi connectivity index (χ4v) is 7.58. The summed E-state index contributed by atoms with van der Waals surface area (Å²) in [6, 6.07) is 6.44. The third kappa shape index (κ3) is 5.86. The van der Waals surface area contributed by atoms with E-state index in [-0.39, 0.29) is 36.9 Å². The van der Waals surface area contributed by atoms with Crippen molar-refractivity contribution in [2.45, 2.75) is 89.5 Å². The van der Waals surface area contributed by atoms with Crippen LogP contribution >= 0.6 is 0 Å². The number of nitrogens with zero attached hydrogens (tertiary/aromatic N) is 3. The molecule has 1 spiro atoms.